The highest BCUT2D eigenvalue weighted by atomic mass is 16.5. The Labute approximate surface area is 108 Å². The molecule has 98 valence electrons. The standard InChI is InChI=1S/C14H20N2O2/c1-2-18-13-6-4-3-5-12(13)14(17)16-9-7-11(15)8-10-16/h3-6,11H,2,7-10,15H2,1H3. The van der Waals surface area contributed by atoms with Gasteiger partial charge in [-0.05, 0) is 31.9 Å². The Morgan fingerprint density at radius 3 is 2.72 bits per heavy atom. The molecule has 2 N–H and O–H groups in total. The zero-order chi connectivity index (χ0) is 13.0. The highest BCUT2D eigenvalue weighted by Crippen LogP contribution is 2.21. The van der Waals surface area contributed by atoms with Gasteiger partial charge in [-0.25, -0.2) is 0 Å². The maximum atomic E-state index is 12.4. The molecule has 1 aliphatic heterocycles. The lowest BCUT2D eigenvalue weighted by atomic mass is 10.0. The maximum absolute atomic E-state index is 12.4. The molecule has 0 spiro atoms. The summed E-state index contributed by atoms with van der Waals surface area (Å²) in [5.74, 6) is 0.714. The van der Waals surface area contributed by atoms with Gasteiger partial charge in [0, 0.05) is 19.1 Å². The molecule has 0 saturated carbocycles. The smallest absolute Gasteiger partial charge is 0.257 e. The maximum Gasteiger partial charge on any atom is 0.257 e. The summed E-state index contributed by atoms with van der Waals surface area (Å²) in [4.78, 5) is 14.3. The van der Waals surface area contributed by atoms with Gasteiger partial charge in [0.25, 0.3) is 5.91 Å². The van der Waals surface area contributed by atoms with Crippen LogP contribution < -0.4 is 10.5 Å². The van der Waals surface area contributed by atoms with Crippen molar-refractivity contribution < 1.29 is 9.53 Å². The molecule has 0 aromatic heterocycles. The average Bonchev–Trinajstić information content (AvgIpc) is 2.40. The largest absolute Gasteiger partial charge is 0.493 e. The second-order valence-corrected chi connectivity index (χ2v) is 4.56. The van der Waals surface area contributed by atoms with E-state index in [1.165, 1.54) is 0 Å². The number of carbonyl (C=O) groups is 1. The van der Waals surface area contributed by atoms with Gasteiger partial charge in [0.05, 0.1) is 12.2 Å². The second kappa shape index (κ2) is 5.87. The fraction of sp³-hybridized carbons (Fsp3) is 0.500. The number of benzene rings is 1. The van der Waals surface area contributed by atoms with Crippen molar-refractivity contribution in [1.82, 2.24) is 4.90 Å². The van der Waals surface area contributed by atoms with Crippen molar-refractivity contribution in [2.24, 2.45) is 5.73 Å². The molecule has 1 saturated heterocycles. The Morgan fingerprint density at radius 1 is 1.39 bits per heavy atom. The summed E-state index contributed by atoms with van der Waals surface area (Å²) < 4.78 is 5.50. The SMILES string of the molecule is CCOc1ccccc1C(=O)N1CCC(N)CC1. The van der Waals surface area contributed by atoms with Crippen LogP contribution >= 0.6 is 0 Å². The minimum Gasteiger partial charge on any atom is -0.493 e. The van der Waals surface area contributed by atoms with E-state index in [1.807, 2.05) is 36.1 Å². The Balaban J connectivity index is 2.13. The van der Waals surface area contributed by atoms with E-state index in [9.17, 15) is 4.79 Å². The number of nitrogens with two attached hydrogens (primary N) is 1. The molecular formula is C14H20N2O2. The number of ether oxygens (including phenoxy) is 1. The number of piperidine rings is 1. The molecule has 1 aromatic rings. The van der Waals surface area contributed by atoms with Crippen LogP contribution in [0.4, 0.5) is 0 Å². The summed E-state index contributed by atoms with van der Waals surface area (Å²) in [6.07, 6.45) is 1.76. The van der Waals surface area contributed by atoms with E-state index in [4.69, 9.17) is 10.5 Å². The van der Waals surface area contributed by atoms with Crippen molar-refractivity contribution in [2.45, 2.75) is 25.8 Å². The van der Waals surface area contributed by atoms with Gasteiger partial charge in [-0.1, -0.05) is 12.1 Å². The molecule has 18 heavy (non-hydrogen) atoms. The minimum absolute atomic E-state index is 0.0472. The van der Waals surface area contributed by atoms with Crippen LogP contribution in [0.25, 0.3) is 0 Å². The fourth-order valence-electron chi connectivity index (χ4n) is 2.20. The predicted molar refractivity (Wildman–Crippen MR) is 70.7 cm³/mol. The Bertz CT molecular complexity index is 412. The molecule has 1 aliphatic rings. The zero-order valence-electron chi connectivity index (χ0n) is 10.8. The molecule has 0 unspecified atom stereocenters. The van der Waals surface area contributed by atoms with E-state index in [-0.39, 0.29) is 11.9 Å². The van der Waals surface area contributed by atoms with E-state index in [0.29, 0.717) is 17.9 Å². The lowest BCUT2D eigenvalue weighted by Crippen LogP contribution is -2.42. The summed E-state index contributed by atoms with van der Waals surface area (Å²) in [6.45, 7) is 3.96. The van der Waals surface area contributed by atoms with Crippen molar-refractivity contribution in [2.75, 3.05) is 19.7 Å². The van der Waals surface area contributed by atoms with E-state index < -0.39 is 0 Å². The predicted octanol–water partition coefficient (Wildman–Crippen LogP) is 1.65. The summed E-state index contributed by atoms with van der Waals surface area (Å²) in [5, 5.41) is 0. The number of carbonyl (C=O) groups excluding carboxylic acids is 1. The lowest BCUT2D eigenvalue weighted by Gasteiger charge is -2.30. The molecule has 4 nitrogen and oxygen atoms in total. The van der Waals surface area contributed by atoms with Crippen LogP contribution in [0, 0.1) is 0 Å². The van der Waals surface area contributed by atoms with Crippen LogP contribution in [0.1, 0.15) is 30.1 Å². The van der Waals surface area contributed by atoms with Crippen molar-refractivity contribution in [3.63, 3.8) is 0 Å². The second-order valence-electron chi connectivity index (χ2n) is 4.56. The number of likely N-dealkylation sites (tertiary alicyclic amines) is 1. The monoisotopic (exact) mass is 248 g/mol. The Kier molecular flexibility index (Phi) is 4.20. The van der Waals surface area contributed by atoms with Gasteiger partial charge >= 0.3 is 0 Å². The first kappa shape index (κ1) is 12.9. The minimum atomic E-state index is 0.0472. The first-order valence-corrected chi connectivity index (χ1v) is 6.49. The third-order valence-electron chi connectivity index (χ3n) is 3.24. The average molecular weight is 248 g/mol. The van der Waals surface area contributed by atoms with E-state index in [2.05, 4.69) is 0 Å². The summed E-state index contributed by atoms with van der Waals surface area (Å²) in [6, 6.07) is 7.64. The van der Waals surface area contributed by atoms with E-state index >= 15 is 0 Å². The number of rotatable bonds is 3. The van der Waals surface area contributed by atoms with Gasteiger partial charge < -0.3 is 15.4 Å². The number of para-hydroxylation sites is 1. The molecule has 1 aromatic carbocycles. The van der Waals surface area contributed by atoms with Gasteiger partial charge in [0.2, 0.25) is 0 Å². The normalized spacial score (nSPS) is 16.7. The number of hydrogen-bond donors (Lipinski definition) is 1. The summed E-state index contributed by atoms with van der Waals surface area (Å²) in [5.41, 5.74) is 6.50. The number of hydrogen-bond acceptors (Lipinski definition) is 3. The van der Waals surface area contributed by atoms with Crippen LogP contribution in [0.3, 0.4) is 0 Å². The number of amides is 1. The van der Waals surface area contributed by atoms with Crippen molar-refractivity contribution >= 4 is 5.91 Å². The summed E-state index contributed by atoms with van der Waals surface area (Å²) >= 11 is 0. The first-order valence-electron chi connectivity index (χ1n) is 6.49. The molecule has 1 fully saturated rings. The van der Waals surface area contributed by atoms with E-state index in [0.717, 1.165) is 25.9 Å². The Morgan fingerprint density at radius 2 is 2.06 bits per heavy atom. The summed E-state index contributed by atoms with van der Waals surface area (Å²) in [7, 11) is 0. The van der Waals surface area contributed by atoms with Crippen LogP contribution in [-0.4, -0.2) is 36.5 Å². The van der Waals surface area contributed by atoms with Crippen molar-refractivity contribution in [3.8, 4) is 5.75 Å². The third-order valence-corrected chi connectivity index (χ3v) is 3.24. The van der Waals surface area contributed by atoms with Crippen LogP contribution in [-0.2, 0) is 0 Å². The lowest BCUT2D eigenvalue weighted by molar-refractivity contribution is 0.0710. The Hall–Kier alpha value is -1.55. The van der Waals surface area contributed by atoms with Crippen LogP contribution in [0.15, 0.2) is 24.3 Å². The topological polar surface area (TPSA) is 55.6 Å². The molecule has 1 heterocycles. The van der Waals surface area contributed by atoms with Crippen molar-refractivity contribution in [1.29, 1.82) is 0 Å². The molecule has 0 aliphatic carbocycles. The molecule has 4 heteroatoms. The molecular weight excluding hydrogens is 228 g/mol. The highest BCUT2D eigenvalue weighted by Gasteiger charge is 2.23. The molecule has 0 atom stereocenters. The molecule has 1 amide bonds. The third kappa shape index (κ3) is 2.82. The van der Waals surface area contributed by atoms with Crippen LogP contribution in [0.5, 0.6) is 5.75 Å². The van der Waals surface area contributed by atoms with Gasteiger partial charge in [-0.2, -0.15) is 0 Å². The fourth-order valence-corrected chi connectivity index (χ4v) is 2.20. The molecule has 2 rings (SSSR count). The van der Waals surface area contributed by atoms with Gasteiger partial charge in [-0.15, -0.1) is 0 Å². The first-order chi connectivity index (χ1) is 8.72. The van der Waals surface area contributed by atoms with E-state index in [1.54, 1.807) is 0 Å². The quantitative estimate of drug-likeness (QED) is 0.885. The molecule has 0 bridgehead atoms. The van der Waals surface area contributed by atoms with Crippen molar-refractivity contribution in [3.05, 3.63) is 29.8 Å². The number of nitrogens with zero attached hydrogens (tertiary/aromatic N) is 1. The van der Waals surface area contributed by atoms with Gasteiger partial charge in [0.15, 0.2) is 0 Å². The highest BCUT2D eigenvalue weighted by molar-refractivity contribution is 5.97. The molecule has 0 radical (unpaired) electrons. The van der Waals surface area contributed by atoms with Gasteiger partial charge in [-0.3, -0.25) is 4.79 Å². The van der Waals surface area contributed by atoms with Gasteiger partial charge in [0.1, 0.15) is 5.75 Å². The van der Waals surface area contributed by atoms with Crippen LogP contribution in [0.2, 0.25) is 0 Å². The zero-order valence-corrected chi connectivity index (χ0v) is 10.8.